The Kier molecular flexibility index (Phi) is 6.12. The van der Waals surface area contributed by atoms with Gasteiger partial charge in [-0.1, -0.05) is 20.8 Å². The number of hydrogen-bond acceptors (Lipinski definition) is 5. The number of carbonyl (C=O) groups excluding carboxylic acids is 1. The van der Waals surface area contributed by atoms with E-state index in [1.54, 1.807) is 11.3 Å². The van der Waals surface area contributed by atoms with Gasteiger partial charge in [0.1, 0.15) is 4.88 Å². The van der Waals surface area contributed by atoms with E-state index in [9.17, 15) is 4.79 Å². The van der Waals surface area contributed by atoms with Crippen LogP contribution in [0.25, 0.3) is 0 Å². The first-order chi connectivity index (χ1) is 12.0. The molecule has 0 bridgehead atoms. The molecule has 1 saturated carbocycles. The van der Waals surface area contributed by atoms with Gasteiger partial charge in [-0.05, 0) is 52.2 Å². The summed E-state index contributed by atoms with van der Waals surface area (Å²) in [5.74, 6) is 0.427. The van der Waals surface area contributed by atoms with Crippen molar-refractivity contribution in [3.8, 4) is 0 Å². The van der Waals surface area contributed by atoms with Crippen LogP contribution in [-0.4, -0.2) is 53.6 Å². The van der Waals surface area contributed by atoms with Crippen LogP contribution in [0.15, 0.2) is 0 Å². The Morgan fingerprint density at radius 1 is 1.24 bits per heavy atom. The first-order valence-electron chi connectivity index (χ1n) is 9.74. The Balaban J connectivity index is 1.51. The standard InChI is InChI=1S/C19H32N4OS/c1-5-23-10-8-14(9-11-23)21-15-6-7-16(15)22-18(24)17-13(4)20-19(25-17)12(2)3/h12,14-16,21H,5-11H2,1-4H3,(H,22,24)/t15-,16+/m1/s1. The first kappa shape index (κ1) is 18.8. The fourth-order valence-corrected chi connectivity index (χ4v) is 4.67. The van der Waals surface area contributed by atoms with Gasteiger partial charge in [0, 0.05) is 24.0 Å². The number of piperidine rings is 1. The highest BCUT2D eigenvalue weighted by atomic mass is 32.1. The summed E-state index contributed by atoms with van der Waals surface area (Å²) in [7, 11) is 0. The highest BCUT2D eigenvalue weighted by Crippen LogP contribution is 2.27. The van der Waals surface area contributed by atoms with Crippen molar-refractivity contribution in [1.82, 2.24) is 20.5 Å². The molecule has 2 aliphatic rings. The van der Waals surface area contributed by atoms with E-state index in [2.05, 4.69) is 41.3 Å². The topological polar surface area (TPSA) is 57.3 Å². The number of rotatable bonds is 6. The molecule has 2 atom stereocenters. The molecule has 5 nitrogen and oxygen atoms in total. The van der Waals surface area contributed by atoms with Crippen LogP contribution < -0.4 is 10.6 Å². The molecule has 25 heavy (non-hydrogen) atoms. The Labute approximate surface area is 155 Å². The van der Waals surface area contributed by atoms with Crippen molar-refractivity contribution in [1.29, 1.82) is 0 Å². The average Bonchev–Trinajstić information content (AvgIpc) is 2.99. The highest BCUT2D eigenvalue weighted by molar-refractivity contribution is 7.13. The van der Waals surface area contributed by atoms with E-state index in [1.165, 1.54) is 25.9 Å². The van der Waals surface area contributed by atoms with E-state index >= 15 is 0 Å². The van der Waals surface area contributed by atoms with Gasteiger partial charge in [-0.2, -0.15) is 0 Å². The minimum atomic E-state index is 0.0548. The molecule has 1 aromatic rings. The Morgan fingerprint density at radius 2 is 1.92 bits per heavy atom. The van der Waals surface area contributed by atoms with Gasteiger partial charge in [-0.15, -0.1) is 11.3 Å². The SMILES string of the molecule is CCN1CCC(N[C@@H]2CC[C@@H]2NC(=O)c2sc(C(C)C)nc2C)CC1. The van der Waals surface area contributed by atoms with Crippen LogP contribution in [0.4, 0.5) is 0 Å². The van der Waals surface area contributed by atoms with E-state index in [1.807, 2.05) is 6.92 Å². The number of likely N-dealkylation sites (tertiary alicyclic amines) is 1. The second-order valence-corrected chi connectivity index (χ2v) is 8.79. The summed E-state index contributed by atoms with van der Waals surface area (Å²) in [6.45, 7) is 11.9. The molecule has 2 heterocycles. The molecule has 140 valence electrons. The van der Waals surface area contributed by atoms with Crippen LogP contribution in [0, 0.1) is 6.92 Å². The molecule has 3 rings (SSSR count). The summed E-state index contributed by atoms with van der Waals surface area (Å²) >= 11 is 1.54. The summed E-state index contributed by atoms with van der Waals surface area (Å²) < 4.78 is 0. The number of carbonyl (C=O) groups is 1. The maximum Gasteiger partial charge on any atom is 0.263 e. The van der Waals surface area contributed by atoms with Gasteiger partial charge < -0.3 is 15.5 Å². The van der Waals surface area contributed by atoms with Gasteiger partial charge in [0.05, 0.1) is 10.7 Å². The van der Waals surface area contributed by atoms with E-state index in [4.69, 9.17) is 0 Å². The molecular weight excluding hydrogens is 332 g/mol. The van der Waals surface area contributed by atoms with Crippen LogP contribution >= 0.6 is 11.3 Å². The number of amides is 1. The van der Waals surface area contributed by atoms with E-state index in [0.717, 1.165) is 35.0 Å². The average molecular weight is 365 g/mol. The van der Waals surface area contributed by atoms with Gasteiger partial charge in [-0.3, -0.25) is 4.79 Å². The number of nitrogens with one attached hydrogen (secondary N) is 2. The summed E-state index contributed by atoms with van der Waals surface area (Å²) in [6.07, 6.45) is 4.68. The molecule has 0 unspecified atom stereocenters. The van der Waals surface area contributed by atoms with Crippen molar-refractivity contribution in [3.05, 3.63) is 15.6 Å². The monoisotopic (exact) mass is 364 g/mol. The lowest BCUT2D eigenvalue weighted by molar-refractivity contribution is 0.0883. The Bertz CT molecular complexity index is 592. The fraction of sp³-hybridized carbons (Fsp3) is 0.789. The second-order valence-electron chi connectivity index (χ2n) is 7.76. The predicted molar refractivity (Wildman–Crippen MR) is 103 cm³/mol. The van der Waals surface area contributed by atoms with Crippen molar-refractivity contribution in [2.24, 2.45) is 0 Å². The summed E-state index contributed by atoms with van der Waals surface area (Å²) in [5.41, 5.74) is 0.863. The second kappa shape index (κ2) is 8.14. The van der Waals surface area contributed by atoms with Crippen LogP contribution in [0.5, 0.6) is 0 Å². The Hall–Kier alpha value is -0.980. The summed E-state index contributed by atoms with van der Waals surface area (Å²) in [4.78, 5) is 20.5. The van der Waals surface area contributed by atoms with E-state index in [-0.39, 0.29) is 11.9 Å². The third-order valence-corrected chi connectivity index (χ3v) is 7.05. The van der Waals surface area contributed by atoms with Crippen molar-refractivity contribution in [2.45, 2.75) is 77.4 Å². The molecule has 2 N–H and O–H groups in total. The Morgan fingerprint density at radius 3 is 2.44 bits per heavy atom. The molecular formula is C19H32N4OS. The van der Waals surface area contributed by atoms with Crippen LogP contribution in [-0.2, 0) is 0 Å². The molecule has 2 fully saturated rings. The van der Waals surface area contributed by atoms with Gasteiger partial charge in [0.15, 0.2) is 0 Å². The zero-order valence-electron chi connectivity index (χ0n) is 16.0. The predicted octanol–water partition coefficient (Wildman–Crippen LogP) is 2.91. The normalized spacial score (nSPS) is 25.2. The van der Waals surface area contributed by atoms with Crippen LogP contribution in [0.1, 0.15) is 72.7 Å². The molecule has 1 aliphatic heterocycles. The molecule has 1 aliphatic carbocycles. The molecule has 6 heteroatoms. The van der Waals surface area contributed by atoms with Crippen molar-refractivity contribution < 1.29 is 4.79 Å². The van der Waals surface area contributed by atoms with Crippen LogP contribution in [0.3, 0.4) is 0 Å². The van der Waals surface area contributed by atoms with Gasteiger partial charge >= 0.3 is 0 Å². The number of aromatic nitrogens is 1. The smallest absolute Gasteiger partial charge is 0.263 e. The van der Waals surface area contributed by atoms with E-state index < -0.39 is 0 Å². The number of nitrogens with zero attached hydrogens (tertiary/aromatic N) is 2. The molecule has 0 radical (unpaired) electrons. The molecule has 0 spiro atoms. The number of thiazole rings is 1. The zero-order chi connectivity index (χ0) is 18.0. The van der Waals surface area contributed by atoms with Gasteiger partial charge in [0.2, 0.25) is 0 Å². The van der Waals surface area contributed by atoms with Crippen molar-refractivity contribution in [2.75, 3.05) is 19.6 Å². The largest absolute Gasteiger partial charge is 0.347 e. The maximum absolute atomic E-state index is 12.6. The first-order valence-corrected chi connectivity index (χ1v) is 10.6. The molecule has 1 saturated heterocycles. The highest BCUT2D eigenvalue weighted by Gasteiger charge is 2.35. The third kappa shape index (κ3) is 4.41. The lowest BCUT2D eigenvalue weighted by atomic mass is 9.85. The van der Waals surface area contributed by atoms with E-state index in [0.29, 0.717) is 18.0 Å². The lowest BCUT2D eigenvalue weighted by Gasteiger charge is -2.42. The lowest BCUT2D eigenvalue weighted by Crippen LogP contribution is -2.60. The minimum Gasteiger partial charge on any atom is -0.347 e. The quantitative estimate of drug-likeness (QED) is 0.815. The molecule has 0 aromatic carbocycles. The van der Waals surface area contributed by atoms with Gasteiger partial charge in [-0.25, -0.2) is 4.98 Å². The summed E-state index contributed by atoms with van der Waals surface area (Å²) in [5, 5.41) is 8.08. The van der Waals surface area contributed by atoms with Gasteiger partial charge in [0.25, 0.3) is 5.91 Å². The number of aryl methyl sites for hydroxylation is 1. The van der Waals surface area contributed by atoms with Crippen LogP contribution in [0.2, 0.25) is 0 Å². The fourth-order valence-electron chi connectivity index (χ4n) is 3.70. The molecule has 1 amide bonds. The minimum absolute atomic E-state index is 0.0548. The number of hydrogen-bond donors (Lipinski definition) is 2. The van der Waals surface area contributed by atoms with Crippen molar-refractivity contribution in [3.63, 3.8) is 0 Å². The third-order valence-electron chi connectivity index (χ3n) is 5.59. The molecule has 1 aromatic heterocycles. The maximum atomic E-state index is 12.6. The van der Waals surface area contributed by atoms with Crippen molar-refractivity contribution >= 4 is 17.2 Å². The summed E-state index contributed by atoms with van der Waals surface area (Å²) in [6, 6.07) is 1.30. The zero-order valence-corrected chi connectivity index (χ0v) is 16.8.